The molecule has 2 atom stereocenters. The van der Waals surface area contributed by atoms with Gasteiger partial charge in [0.2, 0.25) is 5.91 Å². The molecule has 0 spiro atoms. The minimum atomic E-state index is -0.810. The summed E-state index contributed by atoms with van der Waals surface area (Å²) in [7, 11) is 3.78. The second-order valence-electron chi connectivity index (χ2n) is 5.32. The molecular formula is C14H19N3O3. The zero-order valence-electron chi connectivity index (χ0n) is 11.7. The fraction of sp³-hybridized carbons (Fsp3) is 0.500. The molecule has 1 aromatic rings. The molecule has 1 aromatic heterocycles. The van der Waals surface area contributed by atoms with Crippen molar-refractivity contribution in [3.63, 3.8) is 0 Å². The number of carbonyl (C=O) groups is 2. The Morgan fingerprint density at radius 1 is 1.35 bits per heavy atom. The number of hydrogen-bond acceptors (Lipinski definition) is 4. The summed E-state index contributed by atoms with van der Waals surface area (Å²) in [6.07, 6.45) is 4.89. The van der Waals surface area contributed by atoms with Crippen molar-refractivity contribution in [1.82, 2.24) is 4.98 Å². The quantitative estimate of drug-likeness (QED) is 0.873. The van der Waals surface area contributed by atoms with Gasteiger partial charge in [-0.2, -0.15) is 0 Å². The van der Waals surface area contributed by atoms with Crippen LogP contribution in [0.5, 0.6) is 0 Å². The third-order valence-electron chi connectivity index (χ3n) is 3.69. The molecule has 108 valence electrons. The average Bonchev–Trinajstić information content (AvgIpc) is 2.89. The van der Waals surface area contributed by atoms with Crippen LogP contribution in [0.15, 0.2) is 18.5 Å². The topological polar surface area (TPSA) is 82.5 Å². The van der Waals surface area contributed by atoms with Crippen LogP contribution in [0.2, 0.25) is 0 Å². The van der Waals surface area contributed by atoms with Crippen molar-refractivity contribution in [3.8, 4) is 0 Å². The highest BCUT2D eigenvalue weighted by atomic mass is 16.4. The van der Waals surface area contributed by atoms with Crippen molar-refractivity contribution in [3.05, 3.63) is 18.5 Å². The molecule has 6 heteroatoms. The van der Waals surface area contributed by atoms with E-state index >= 15 is 0 Å². The van der Waals surface area contributed by atoms with E-state index < -0.39 is 11.9 Å². The number of nitrogens with one attached hydrogen (secondary N) is 1. The molecule has 6 nitrogen and oxygen atoms in total. The smallest absolute Gasteiger partial charge is 0.306 e. The van der Waals surface area contributed by atoms with Crippen LogP contribution < -0.4 is 10.2 Å². The summed E-state index contributed by atoms with van der Waals surface area (Å²) in [5, 5.41) is 11.8. The summed E-state index contributed by atoms with van der Waals surface area (Å²) in [4.78, 5) is 29.0. The molecule has 0 aliphatic heterocycles. The summed E-state index contributed by atoms with van der Waals surface area (Å²) in [6, 6.07) is 1.82. The highest BCUT2D eigenvalue weighted by molar-refractivity contribution is 5.96. The Hall–Kier alpha value is -2.11. The van der Waals surface area contributed by atoms with Gasteiger partial charge in [-0.05, 0) is 25.3 Å². The fourth-order valence-corrected chi connectivity index (χ4v) is 2.55. The number of pyridine rings is 1. The Morgan fingerprint density at radius 2 is 2.05 bits per heavy atom. The lowest BCUT2D eigenvalue weighted by atomic mass is 10.0. The zero-order valence-corrected chi connectivity index (χ0v) is 11.7. The Balaban J connectivity index is 2.04. The van der Waals surface area contributed by atoms with Gasteiger partial charge in [-0.25, -0.2) is 0 Å². The van der Waals surface area contributed by atoms with Gasteiger partial charge in [0.15, 0.2) is 0 Å². The third kappa shape index (κ3) is 3.07. The van der Waals surface area contributed by atoms with E-state index in [0.29, 0.717) is 24.9 Å². The average molecular weight is 277 g/mol. The molecule has 0 radical (unpaired) electrons. The van der Waals surface area contributed by atoms with E-state index in [1.54, 1.807) is 12.4 Å². The molecule has 1 aliphatic carbocycles. The SMILES string of the molecule is CN(C)c1ccncc1NC(=O)[C@@H]1CC[C@H](C(=O)O)C1. The largest absolute Gasteiger partial charge is 0.481 e. The molecule has 0 saturated heterocycles. The Labute approximate surface area is 117 Å². The van der Waals surface area contributed by atoms with E-state index in [1.807, 2.05) is 25.1 Å². The summed E-state index contributed by atoms with van der Waals surface area (Å²) >= 11 is 0. The fourth-order valence-electron chi connectivity index (χ4n) is 2.55. The maximum Gasteiger partial charge on any atom is 0.306 e. The van der Waals surface area contributed by atoms with Crippen LogP contribution in [-0.4, -0.2) is 36.1 Å². The van der Waals surface area contributed by atoms with Gasteiger partial charge in [-0.1, -0.05) is 0 Å². The molecule has 0 unspecified atom stereocenters. The number of nitrogens with zero attached hydrogens (tertiary/aromatic N) is 2. The second kappa shape index (κ2) is 5.90. The van der Waals surface area contributed by atoms with Crippen LogP contribution >= 0.6 is 0 Å². The van der Waals surface area contributed by atoms with E-state index in [9.17, 15) is 9.59 Å². The summed E-state index contributed by atoms with van der Waals surface area (Å²) in [6.45, 7) is 0. The number of carboxylic acids is 1. The molecule has 1 aliphatic rings. The van der Waals surface area contributed by atoms with Crippen LogP contribution in [0.3, 0.4) is 0 Å². The first kappa shape index (κ1) is 14.3. The standard InChI is InChI=1S/C14H19N3O3/c1-17(2)12-5-6-15-8-11(12)16-13(18)9-3-4-10(7-9)14(19)20/h5-6,8-10H,3-4,7H2,1-2H3,(H,16,18)(H,19,20)/t9-,10+/m1/s1. The molecule has 20 heavy (non-hydrogen) atoms. The number of rotatable bonds is 4. The Bertz CT molecular complexity index is 516. The summed E-state index contributed by atoms with van der Waals surface area (Å²) in [5.41, 5.74) is 1.53. The number of anilines is 2. The zero-order chi connectivity index (χ0) is 14.7. The van der Waals surface area contributed by atoms with E-state index in [0.717, 1.165) is 5.69 Å². The highest BCUT2D eigenvalue weighted by Gasteiger charge is 2.34. The monoisotopic (exact) mass is 277 g/mol. The highest BCUT2D eigenvalue weighted by Crippen LogP contribution is 2.32. The third-order valence-corrected chi connectivity index (χ3v) is 3.69. The molecule has 1 heterocycles. The normalized spacial score (nSPS) is 21.5. The van der Waals surface area contributed by atoms with Crippen LogP contribution in [0, 0.1) is 11.8 Å². The molecule has 1 saturated carbocycles. The molecular weight excluding hydrogens is 258 g/mol. The predicted molar refractivity (Wildman–Crippen MR) is 75.7 cm³/mol. The lowest BCUT2D eigenvalue weighted by Gasteiger charge is -2.18. The minimum absolute atomic E-state index is 0.121. The van der Waals surface area contributed by atoms with Crippen molar-refractivity contribution < 1.29 is 14.7 Å². The first-order chi connectivity index (χ1) is 9.49. The summed E-state index contributed by atoms with van der Waals surface area (Å²) < 4.78 is 0. The van der Waals surface area contributed by atoms with E-state index in [1.165, 1.54) is 0 Å². The van der Waals surface area contributed by atoms with E-state index in [2.05, 4.69) is 10.3 Å². The molecule has 2 rings (SSSR count). The van der Waals surface area contributed by atoms with Crippen molar-refractivity contribution in [2.45, 2.75) is 19.3 Å². The van der Waals surface area contributed by atoms with E-state index in [-0.39, 0.29) is 11.8 Å². The molecule has 1 fully saturated rings. The number of hydrogen-bond donors (Lipinski definition) is 2. The van der Waals surface area contributed by atoms with Crippen molar-refractivity contribution in [1.29, 1.82) is 0 Å². The number of carbonyl (C=O) groups excluding carboxylic acids is 1. The van der Waals surface area contributed by atoms with Gasteiger partial charge < -0.3 is 15.3 Å². The van der Waals surface area contributed by atoms with Crippen LogP contribution in [0.4, 0.5) is 11.4 Å². The van der Waals surface area contributed by atoms with Gasteiger partial charge in [0, 0.05) is 26.2 Å². The summed E-state index contributed by atoms with van der Waals surface area (Å²) in [5.74, 6) is -1.56. The lowest BCUT2D eigenvalue weighted by Crippen LogP contribution is -2.23. The van der Waals surface area contributed by atoms with Gasteiger partial charge in [0.1, 0.15) is 0 Å². The van der Waals surface area contributed by atoms with Gasteiger partial charge >= 0.3 is 5.97 Å². The maximum absolute atomic E-state index is 12.2. The van der Waals surface area contributed by atoms with Crippen LogP contribution in [0.1, 0.15) is 19.3 Å². The molecule has 0 bridgehead atoms. The second-order valence-corrected chi connectivity index (χ2v) is 5.32. The van der Waals surface area contributed by atoms with Gasteiger partial charge in [-0.3, -0.25) is 14.6 Å². The Kier molecular flexibility index (Phi) is 4.22. The maximum atomic E-state index is 12.2. The minimum Gasteiger partial charge on any atom is -0.481 e. The molecule has 0 aromatic carbocycles. The van der Waals surface area contributed by atoms with Crippen molar-refractivity contribution in [2.24, 2.45) is 11.8 Å². The molecule has 2 N–H and O–H groups in total. The lowest BCUT2D eigenvalue weighted by molar-refractivity contribution is -0.141. The van der Waals surface area contributed by atoms with Crippen molar-refractivity contribution >= 4 is 23.3 Å². The van der Waals surface area contributed by atoms with Crippen molar-refractivity contribution in [2.75, 3.05) is 24.3 Å². The number of aliphatic carboxylic acids is 1. The van der Waals surface area contributed by atoms with E-state index in [4.69, 9.17) is 5.11 Å². The van der Waals surface area contributed by atoms with Crippen LogP contribution in [-0.2, 0) is 9.59 Å². The number of amides is 1. The Morgan fingerprint density at radius 3 is 2.65 bits per heavy atom. The predicted octanol–water partition coefficient (Wildman–Crippen LogP) is 1.59. The van der Waals surface area contributed by atoms with Gasteiger partial charge in [0.05, 0.1) is 23.5 Å². The van der Waals surface area contributed by atoms with Crippen LogP contribution in [0.25, 0.3) is 0 Å². The first-order valence-corrected chi connectivity index (χ1v) is 6.64. The number of aromatic nitrogens is 1. The molecule has 1 amide bonds. The van der Waals surface area contributed by atoms with Gasteiger partial charge in [0.25, 0.3) is 0 Å². The number of carboxylic acid groups (broad SMARTS) is 1. The van der Waals surface area contributed by atoms with Gasteiger partial charge in [-0.15, -0.1) is 0 Å². The first-order valence-electron chi connectivity index (χ1n) is 6.64.